The molecule has 3 rings (SSSR count). The van der Waals surface area contributed by atoms with Gasteiger partial charge in [0, 0.05) is 12.6 Å². The highest BCUT2D eigenvalue weighted by atomic mass is 16.5. The standard InChI is InChI=1S/C19H30N2O2/c1-20-12-9-16(14-21-10-5-4-6-11-21)19(20)15-7-8-17(22-2)18(13-15)23-3/h7-8,13,16,19H,4-6,9-12,14H2,1-3H3. The number of likely N-dealkylation sites (tertiary alicyclic amines) is 2. The molecule has 2 fully saturated rings. The lowest BCUT2D eigenvalue weighted by atomic mass is 9.92. The van der Waals surface area contributed by atoms with Crippen molar-refractivity contribution >= 4 is 0 Å². The van der Waals surface area contributed by atoms with Crippen LogP contribution in [0.15, 0.2) is 18.2 Å². The van der Waals surface area contributed by atoms with Crippen molar-refractivity contribution in [2.45, 2.75) is 31.7 Å². The van der Waals surface area contributed by atoms with Crippen LogP contribution in [-0.4, -0.2) is 57.2 Å². The quantitative estimate of drug-likeness (QED) is 0.832. The number of ether oxygens (including phenoxy) is 2. The maximum absolute atomic E-state index is 5.50. The number of hydrogen-bond donors (Lipinski definition) is 0. The molecule has 0 spiro atoms. The number of rotatable bonds is 5. The second-order valence-electron chi connectivity index (χ2n) is 6.95. The lowest BCUT2D eigenvalue weighted by Crippen LogP contribution is -2.36. The van der Waals surface area contributed by atoms with E-state index in [4.69, 9.17) is 9.47 Å². The van der Waals surface area contributed by atoms with Crippen LogP contribution >= 0.6 is 0 Å². The van der Waals surface area contributed by atoms with Crippen LogP contribution in [0.3, 0.4) is 0 Å². The Morgan fingerprint density at radius 2 is 1.74 bits per heavy atom. The van der Waals surface area contributed by atoms with Crippen LogP contribution in [0, 0.1) is 5.92 Å². The molecule has 2 heterocycles. The molecule has 128 valence electrons. The van der Waals surface area contributed by atoms with E-state index in [-0.39, 0.29) is 0 Å². The maximum Gasteiger partial charge on any atom is 0.161 e. The highest BCUT2D eigenvalue weighted by Gasteiger charge is 2.34. The smallest absolute Gasteiger partial charge is 0.161 e. The normalized spacial score (nSPS) is 26.4. The summed E-state index contributed by atoms with van der Waals surface area (Å²) >= 11 is 0. The molecule has 4 nitrogen and oxygen atoms in total. The highest BCUT2D eigenvalue weighted by molar-refractivity contribution is 5.44. The molecule has 1 aromatic rings. The van der Waals surface area contributed by atoms with E-state index in [2.05, 4.69) is 29.0 Å². The van der Waals surface area contributed by atoms with E-state index in [1.54, 1.807) is 14.2 Å². The van der Waals surface area contributed by atoms with Crippen molar-refractivity contribution in [3.8, 4) is 11.5 Å². The van der Waals surface area contributed by atoms with E-state index in [1.807, 2.05) is 6.07 Å². The SMILES string of the molecule is COc1ccc(C2C(CN3CCCCC3)CCN2C)cc1OC. The third-order valence-electron chi connectivity index (χ3n) is 5.46. The van der Waals surface area contributed by atoms with Gasteiger partial charge in [0.15, 0.2) is 11.5 Å². The van der Waals surface area contributed by atoms with Gasteiger partial charge < -0.3 is 14.4 Å². The molecule has 2 saturated heterocycles. The second kappa shape index (κ2) is 7.54. The molecule has 0 aromatic heterocycles. The summed E-state index contributed by atoms with van der Waals surface area (Å²) < 4.78 is 10.9. The fourth-order valence-corrected chi connectivity index (χ4v) is 4.25. The third kappa shape index (κ3) is 3.64. The van der Waals surface area contributed by atoms with Crippen LogP contribution in [0.5, 0.6) is 11.5 Å². The summed E-state index contributed by atoms with van der Waals surface area (Å²) in [4.78, 5) is 5.16. The van der Waals surface area contributed by atoms with Crippen molar-refractivity contribution in [1.29, 1.82) is 0 Å². The molecule has 0 radical (unpaired) electrons. The zero-order chi connectivity index (χ0) is 16.2. The molecule has 2 atom stereocenters. The van der Waals surface area contributed by atoms with Crippen molar-refractivity contribution in [1.82, 2.24) is 9.80 Å². The fraction of sp³-hybridized carbons (Fsp3) is 0.684. The van der Waals surface area contributed by atoms with E-state index in [1.165, 1.54) is 57.4 Å². The summed E-state index contributed by atoms with van der Waals surface area (Å²) in [6.07, 6.45) is 5.42. The van der Waals surface area contributed by atoms with Crippen molar-refractivity contribution in [2.75, 3.05) is 47.4 Å². The summed E-state index contributed by atoms with van der Waals surface area (Å²) in [6.45, 7) is 4.96. The summed E-state index contributed by atoms with van der Waals surface area (Å²) in [5.74, 6) is 2.35. The van der Waals surface area contributed by atoms with E-state index < -0.39 is 0 Å². The van der Waals surface area contributed by atoms with Crippen LogP contribution in [0.4, 0.5) is 0 Å². The van der Waals surface area contributed by atoms with Gasteiger partial charge >= 0.3 is 0 Å². The molecule has 23 heavy (non-hydrogen) atoms. The van der Waals surface area contributed by atoms with Crippen LogP contribution in [0.1, 0.15) is 37.3 Å². The Morgan fingerprint density at radius 3 is 2.43 bits per heavy atom. The zero-order valence-corrected chi connectivity index (χ0v) is 14.8. The van der Waals surface area contributed by atoms with E-state index in [0.29, 0.717) is 12.0 Å². The Hall–Kier alpha value is -1.26. The predicted molar refractivity (Wildman–Crippen MR) is 93.3 cm³/mol. The first kappa shape index (κ1) is 16.6. The Bertz CT molecular complexity index is 514. The predicted octanol–water partition coefficient (Wildman–Crippen LogP) is 3.18. The Balaban J connectivity index is 1.77. The highest BCUT2D eigenvalue weighted by Crippen LogP contribution is 2.40. The fourth-order valence-electron chi connectivity index (χ4n) is 4.25. The molecule has 1 aromatic carbocycles. The lowest BCUT2D eigenvalue weighted by molar-refractivity contribution is 0.170. The number of benzene rings is 1. The molecule has 0 aliphatic carbocycles. The van der Waals surface area contributed by atoms with Crippen molar-refractivity contribution < 1.29 is 9.47 Å². The number of hydrogen-bond acceptors (Lipinski definition) is 4. The Morgan fingerprint density at radius 1 is 1.00 bits per heavy atom. The number of piperidine rings is 1. The summed E-state index contributed by atoms with van der Waals surface area (Å²) in [5.41, 5.74) is 1.35. The van der Waals surface area contributed by atoms with Gasteiger partial charge in [-0.1, -0.05) is 12.5 Å². The molecular formula is C19H30N2O2. The number of methoxy groups -OCH3 is 2. The minimum Gasteiger partial charge on any atom is -0.493 e. The largest absolute Gasteiger partial charge is 0.493 e. The van der Waals surface area contributed by atoms with Crippen molar-refractivity contribution in [2.24, 2.45) is 5.92 Å². The van der Waals surface area contributed by atoms with Gasteiger partial charge in [-0.3, -0.25) is 4.90 Å². The topological polar surface area (TPSA) is 24.9 Å². The molecule has 2 aliphatic heterocycles. The first-order valence-corrected chi connectivity index (χ1v) is 8.87. The number of nitrogens with zero attached hydrogens (tertiary/aromatic N) is 2. The van der Waals surface area contributed by atoms with Crippen LogP contribution in [-0.2, 0) is 0 Å². The van der Waals surface area contributed by atoms with Gasteiger partial charge in [0.1, 0.15) is 0 Å². The molecular weight excluding hydrogens is 288 g/mol. The van der Waals surface area contributed by atoms with Crippen molar-refractivity contribution in [3.05, 3.63) is 23.8 Å². The molecule has 0 amide bonds. The molecule has 0 saturated carbocycles. The van der Waals surface area contributed by atoms with Gasteiger partial charge in [-0.15, -0.1) is 0 Å². The molecule has 0 N–H and O–H groups in total. The first-order valence-electron chi connectivity index (χ1n) is 8.87. The summed E-state index contributed by atoms with van der Waals surface area (Å²) in [6, 6.07) is 6.89. The molecule has 2 unspecified atom stereocenters. The average molecular weight is 318 g/mol. The molecule has 4 heteroatoms. The van der Waals surface area contributed by atoms with Gasteiger partial charge in [-0.05, 0) is 69.6 Å². The average Bonchev–Trinajstić information content (AvgIpc) is 2.95. The summed E-state index contributed by atoms with van der Waals surface area (Å²) in [5, 5.41) is 0. The summed E-state index contributed by atoms with van der Waals surface area (Å²) in [7, 11) is 5.65. The minimum atomic E-state index is 0.483. The Labute approximate surface area is 140 Å². The zero-order valence-electron chi connectivity index (χ0n) is 14.8. The first-order chi connectivity index (χ1) is 11.2. The monoisotopic (exact) mass is 318 g/mol. The van der Waals surface area contributed by atoms with Crippen LogP contribution in [0.25, 0.3) is 0 Å². The van der Waals surface area contributed by atoms with Gasteiger partial charge in [-0.25, -0.2) is 0 Å². The van der Waals surface area contributed by atoms with Gasteiger partial charge in [0.2, 0.25) is 0 Å². The third-order valence-corrected chi connectivity index (χ3v) is 5.46. The molecule has 2 aliphatic rings. The van der Waals surface area contributed by atoms with E-state index in [0.717, 1.165) is 11.5 Å². The minimum absolute atomic E-state index is 0.483. The second-order valence-corrected chi connectivity index (χ2v) is 6.95. The van der Waals surface area contributed by atoms with Crippen LogP contribution < -0.4 is 9.47 Å². The van der Waals surface area contributed by atoms with E-state index >= 15 is 0 Å². The molecule has 0 bridgehead atoms. The Kier molecular flexibility index (Phi) is 5.44. The lowest BCUT2D eigenvalue weighted by Gasteiger charge is -2.33. The van der Waals surface area contributed by atoms with Gasteiger partial charge in [0.25, 0.3) is 0 Å². The maximum atomic E-state index is 5.50. The van der Waals surface area contributed by atoms with Gasteiger partial charge in [-0.2, -0.15) is 0 Å². The van der Waals surface area contributed by atoms with Crippen molar-refractivity contribution in [3.63, 3.8) is 0 Å². The van der Waals surface area contributed by atoms with E-state index in [9.17, 15) is 0 Å². The van der Waals surface area contributed by atoms with Gasteiger partial charge in [0.05, 0.1) is 14.2 Å². The van der Waals surface area contributed by atoms with Crippen LogP contribution in [0.2, 0.25) is 0 Å².